The van der Waals surface area contributed by atoms with Crippen LogP contribution in [0.25, 0.3) is 0 Å². The molecule has 1 aromatic carbocycles. The molecule has 5 nitrogen and oxygen atoms in total. The quantitative estimate of drug-likeness (QED) is 0.119. The third-order valence-electron chi connectivity index (χ3n) is 4.26. The first-order valence-corrected chi connectivity index (χ1v) is 10.5. The van der Waals surface area contributed by atoms with Gasteiger partial charge in [0.2, 0.25) is 5.34 Å². The molecule has 0 aliphatic carbocycles. The summed E-state index contributed by atoms with van der Waals surface area (Å²) in [6.45, 7) is 16.9. The lowest BCUT2D eigenvalue weighted by molar-refractivity contribution is -0.143. The first-order valence-electron chi connectivity index (χ1n) is 9.09. The molecule has 30 heavy (non-hydrogen) atoms. The maximum atomic E-state index is 13.0. The molecule has 1 aliphatic heterocycles. The number of allylic oxidation sites excluding steroid dienone is 1. The number of nitrogens with zero attached hydrogens (tertiary/aromatic N) is 1. The zero-order chi connectivity index (χ0) is 22.3. The van der Waals surface area contributed by atoms with E-state index in [1.165, 1.54) is 16.9 Å². The highest BCUT2D eigenvalue weighted by Crippen LogP contribution is 2.51. The predicted octanol–water partition coefficient (Wildman–Crippen LogP) is 4.58. The molecule has 0 aromatic heterocycles. The van der Waals surface area contributed by atoms with E-state index in [0.29, 0.717) is 11.3 Å². The topological polar surface area (TPSA) is 55.8 Å². The predicted molar refractivity (Wildman–Crippen MR) is 126 cm³/mol. The fourth-order valence-electron chi connectivity index (χ4n) is 2.43. The van der Waals surface area contributed by atoms with E-state index in [9.17, 15) is 9.59 Å². The van der Waals surface area contributed by atoms with Crippen LogP contribution in [0, 0.1) is 0 Å². The molecular weight excluding hydrogens is 416 g/mol. The van der Waals surface area contributed by atoms with Gasteiger partial charge in [-0.05, 0) is 30.1 Å². The summed E-state index contributed by atoms with van der Waals surface area (Å²) in [5, 5.41) is -0.227. The minimum absolute atomic E-state index is 0.150. The number of benzene rings is 1. The van der Waals surface area contributed by atoms with Crippen LogP contribution in [0.15, 0.2) is 91.8 Å². The highest BCUT2D eigenvalue weighted by atomic mass is 31.1. The van der Waals surface area contributed by atoms with Gasteiger partial charge in [0.1, 0.15) is 12.2 Å². The van der Waals surface area contributed by atoms with Gasteiger partial charge in [0.05, 0.1) is 6.61 Å². The zero-order valence-corrected chi connectivity index (χ0v) is 19.0. The Hall–Kier alpha value is -2.58. The molecule has 0 fully saturated rings. The molecule has 2 atom stereocenters. The van der Waals surface area contributed by atoms with Crippen LogP contribution >= 0.6 is 17.6 Å². The second kappa shape index (κ2) is 10.4. The highest BCUT2D eigenvalue weighted by molar-refractivity contribution is 7.57. The average Bonchev–Trinajstić information content (AvgIpc) is 3.45. The number of hydrogen-bond acceptors (Lipinski definition) is 5. The van der Waals surface area contributed by atoms with Crippen LogP contribution in [0.3, 0.4) is 0 Å². The van der Waals surface area contributed by atoms with Crippen LogP contribution in [0.5, 0.6) is 0 Å². The van der Waals surface area contributed by atoms with Gasteiger partial charge in [0.15, 0.2) is 5.78 Å². The molecule has 7 heteroatoms. The van der Waals surface area contributed by atoms with Crippen molar-refractivity contribution in [3.8, 4) is 0 Å². The van der Waals surface area contributed by atoms with Crippen molar-refractivity contribution in [2.45, 2.75) is 18.9 Å². The SMILES string of the molecule is C=CC(=C)C1(OC(=O)/C(=C/N(P)C(=C)C)C(=O)COCc2ccccc2)P=C1C=C. The summed E-state index contributed by atoms with van der Waals surface area (Å²) in [6.07, 6.45) is 4.52. The van der Waals surface area contributed by atoms with E-state index in [2.05, 4.69) is 35.7 Å². The molecule has 2 rings (SSSR count). The normalized spacial score (nSPS) is 17.9. The standard InChI is InChI=1S/C23H25NO4P2/c1-6-17(5)23(21(7-2)30-23)28-22(26)19(13-24(29)16(3)4)20(25)15-27-14-18-11-9-8-10-12-18/h6-13H,1-3,5,14-15,29H2,4H3/b19-13+. The number of hydrogen-bond donors (Lipinski definition) is 0. The molecule has 0 N–H and O–H groups in total. The van der Waals surface area contributed by atoms with Crippen LogP contribution in [0.2, 0.25) is 0 Å². The average molecular weight is 441 g/mol. The van der Waals surface area contributed by atoms with Crippen molar-refractivity contribution in [2.75, 3.05) is 6.61 Å². The monoisotopic (exact) mass is 441 g/mol. The lowest BCUT2D eigenvalue weighted by atomic mass is 10.1. The van der Waals surface area contributed by atoms with E-state index in [1.54, 1.807) is 13.0 Å². The molecule has 0 saturated carbocycles. The second-order valence-electron chi connectivity index (χ2n) is 6.55. The number of ketones is 1. The van der Waals surface area contributed by atoms with Gasteiger partial charge < -0.3 is 14.1 Å². The summed E-state index contributed by atoms with van der Waals surface area (Å²) in [4.78, 5) is 25.8. The molecule has 0 bridgehead atoms. The van der Waals surface area contributed by atoms with E-state index >= 15 is 0 Å². The largest absolute Gasteiger partial charge is 0.437 e. The Morgan fingerprint density at radius 1 is 1.23 bits per heavy atom. The molecule has 156 valence electrons. The summed E-state index contributed by atoms with van der Waals surface area (Å²) < 4.78 is 12.7. The first-order chi connectivity index (χ1) is 14.2. The van der Waals surface area contributed by atoms with Crippen LogP contribution in [0.4, 0.5) is 0 Å². The molecule has 1 aliphatic rings. The molecule has 1 aromatic rings. The van der Waals surface area contributed by atoms with Crippen molar-refractivity contribution < 1.29 is 19.1 Å². The van der Waals surface area contributed by atoms with Gasteiger partial charge in [-0.15, -0.1) is 0 Å². The minimum Gasteiger partial charge on any atom is -0.437 e. The van der Waals surface area contributed by atoms with Gasteiger partial charge in [-0.3, -0.25) is 4.79 Å². The molecule has 2 unspecified atom stereocenters. The molecule has 0 spiro atoms. The Morgan fingerprint density at radius 2 is 1.90 bits per heavy atom. The number of esters is 1. The van der Waals surface area contributed by atoms with Crippen molar-refractivity contribution >= 4 is 34.6 Å². The molecule has 0 amide bonds. The number of carbonyl (C=O) groups excluding carboxylic acids is 2. The van der Waals surface area contributed by atoms with E-state index < -0.39 is 17.1 Å². The smallest absolute Gasteiger partial charge is 0.345 e. The molecule has 0 saturated heterocycles. The Labute approximate surface area is 181 Å². The number of rotatable bonds is 12. The van der Waals surface area contributed by atoms with E-state index in [-0.39, 0.29) is 18.8 Å². The third-order valence-corrected chi connectivity index (χ3v) is 6.30. The van der Waals surface area contributed by atoms with Crippen LogP contribution in [0.1, 0.15) is 12.5 Å². The van der Waals surface area contributed by atoms with E-state index in [1.807, 2.05) is 30.3 Å². The fourth-order valence-corrected chi connectivity index (χ4v) is 3.60. The van der Waals surface area contributed by atoms with Gasteiger partial charge in [-0.25, -0.2) is 4.79 Å². The number of Topliss-reactive ketones (excluding diaryl/α,β-unsaturated/α-hetero) is 1. The summed E-state index contributed by atoms with van der Waals surface area (Å²) in [5.74, 6) is -1.27. The zero-order valence-electron chi connectivity index (χ0n) is 17.0. The Bertz CT molecular complexity index is 949. The van der Waals surface area contributed by atoms with Gasteiger partial charge >= 0.3 is 5.97 Å². The number of carbonyl (C=O) groups is 2. The van der Waals surface area contributed by atoms with Crippen LogP contribution < -0.4 is 0 Å². The second-order valence-corrected chi connectivity index (χ2v) is 8.44. The van der Waals surface area contributed by atoms with E-state index in [4.69, 9.17) is 9.47 Å². The summed E-state index contributed by atoms with van der Waals surface area (Å²) in [7, 11) is 3.13. The van der Waals surface area contributed by atoms with Crippen molar-refractivity contribution in [3.05, 3.63) is 97.4 Å². The highest BCUT2D eigenvalue weighted by Gasteiger charge is 2.50. The minimum atomic E-state index is -1.01. The van der Waals surface area contributed by atoms with Gasteiger partial charge in [-0.2, -0.15) is 0 Å². The molecule has 0 radical (unpaired) electrons. The number of ether oxygens (including phenoxy) is 2. The van der Waals surface area contributed by atoms with Gasteiger partial charge in [-0.1, -0.05) is 68.8 Å². The molecule has 1 heterocycles. The van der Waals surface area contributed by atoms with Crippen molar-refractivity contribution in [3.63, 3.8) is 0 Å². The van der Waals surface area contributed by atoms with Gasteiger partial charge in [0, 0.05) is 22.8 Å². The van der Waals surface area contributed by atoms with E-state index in [0.717, 1.165) is 19.1 Å². The van der Waals surface area contributed by atoms with Gasteiger partial charge in [0.25, 0.3) is 0 Å². The Kier molecular flexibility index (Phi) is 8.25. The van der Waals surface area contributed by atoms with Crippen molar-refractivity contribution in [2.24, 2.45) is 0 Å². The van der Waals surface area contributed by atoms with Crippen LogP contribution in [-0.4, -0.2) is 33.7 Å². The van der Waals surface area contributed by atoms with Crippen molar-refractivity contribution in [1.82, 2.24) is 4.67 Å². The molecular formula is C23H25NO4P2. The maximum Gasteiger partial charge on any atom is 0.345 e. The lowest BCUT2D eigenvalue weighted by Crippen LogP contribution is -2.30. The Balaban J connectivity index is 2.16. The fraction of sp³-hybridized carbons (Fsp3) is 0.174. The Morgan fingerprint density at radius 3 is 2.43 bits per heavy atom. The summed E-state index contributed by atoms with van der Waals surface area (Å²) in [5.41, 5.74) is 1.93. The summed E-state index contributed by atoms with van der Waals surface area (Å²) >= 11 is 0. The first kappa shape index (κ1) is 23.7. The summed E-state index contributed by atoms with van der Waals surface area (Å²) in [6, 6.07) is 9.46. The lowest BCUT2D eigenvalue weighted by Gasteiger charge is -2.20. The third kappa shape index (κ3) is 5.73. The maximum absolute atomic E-state index is 13.0. The van der Waals surface area contributed by atoms with Crippen LogP contribution in [-0.2, 0) is 25.7 Å². The van der Waals surface area contributed by atoms with Crippen molar-refractivity contribution in [1.29, 1.82) is 0 Å².